The monoisotopic (exact) mass is 353 g/mol. The van der Waals surface area contributed by atoms with Crippen molar-refractivity contribution in [3.8, 4) is 5.75 Å². The van der Waals surface area contributed by atoms with E-state index in [0.717, 1.165) is 11.5 Å². The van der Waals surface area contributed by atoms with Crippen molar-refractivity contribution in [1.82, 2.24) is 3.71 Å². The molecule has 3 nitrogen and oxygen atoms in total. The van der Waals surface area contributed by atoms with E-state index in [1.807, 2.05) is 13.8 Å². The van der Waals surface area contributed by atoms with Crippen LogP contribution in [0.3, 0.4) is 0 Å². The van der Waals surface area contributed by atoms with Crippen molar-refractivity contribution in [3.05, 3.63) is 28.5 Å². The fourth-order valence-electron chi connectivity index (χ4n) is 1.07. The van der Waals surface area contributed by atoms with Gasteiger partial charge in [0.2, 0.25) is 0 Å². The highest BCUT2D eigenvalue weighted by atomic mass is 79.9. The van der Waals surface area contributed by atoms with E-state index in [4.69, 9.17) is 4.74 Å². The Bertz CT molecular complexity index is 414. The van der Waals surface area contributed by atoms with Gasteiger partial charge in [-0.1, -0.05) is 19.9 Å². The number of carbonyl (C=O) groups is 1. The first kappa shape index (κ1) is 15.7. The summed E-state index contributed by atoms with van der Waals surface area (Å²) >= 11 is 5.75. The Morgan fingerprint density at radius 2 is 2.00 bits per heavy atom. The fraction of sp³-hybridized carbons (Fsp3) is 0.364. The summed E-state index contributed by atoms with van der Waals surface area (Å²) in [5.74, 6) is 1.23. The van der Waals surface area contributed by atoms with E-state index in [2.05, 4.69) is 15.9 Å². The summed E-state index contributed by atoms with van der Waals surface area (Å²) in [7, 11) is 0. The van der Waals surface area contributed by atoms with Crippen molar-refractivity contribution in [1.29, 1.82) is 0 Å². The smallest absolute Gasteiger partial charge is 0.408 e. The molecule has 0 aromatic heterocycles. The molecule has 0 aliphatic carbocycles. The summed E-state index contributed by atoms with van der Waals surface area (Å²) in [6.45, 7) is 3.89. The second kappa shape index (κ2) is 7.91. The van der Waals surface area contributed by atoms with E-state index in [9.17, 15) is 9.18 Å². The van der Waals surface area contributed by atoms with Crippen molar-refractivity contribution < 1.29 is 13.9 Å². The van der Waals surface area contributed by atoms with Crippen LogP contribution in [-0.4, -0.2) is 21.3 Å². The SMILES string of the molecule is CCSN(SCC)C(=O)Oc1cccc(F)c1Br. The molecular weight excluding hydrogens is 341 g/mol. The lowest BCUT2D eigenvalue weighted by Gasteiger charge is -2.18. The van der Waals surface area contributed by atoms with Crippen LogP contribution < -0.4 is 4.74 Å². The summed E-state index contributed by atoms with van der Waals surface area (Å²) in [6.07, 6.45) is -0.514. The highest BCUT2D eigenvalue weighted by Crippen LogP contribution is 2.30. The lowest BCUT2D eigenvalue weighted by atomic mass is 10.3. The normalized spacial score (nSPS) is 10.2. The van der Waals surface area contributed by atoms with E-state index in [1.54, 1.807) is 0 Å². The molecule has 0 atom stereocenters. The average molecular weight is 354 g/mol. The molecule has 0 N–H and O–H groups in total. The van der Waals surface area contributed by atoms with Crippen LogP contribution in [-0.2, 0) is 0 Å². The zero-order chi connectivity index (χ0) is 13.5. The molecule has 0 saturated heterocycles. The van der Waals surface area contributed by atoms with Crippen molar-refractivity contribution in [2.75, 3.05) is 11.5 Å². The summed E-state index contributed by atoms with van der Waals surface area (Å²) in [5.41, 5.74) is 0. The molecule has 1 aromatic carbocycles. The van der Waals surface area contributed by atoms with Gasteiger partial charge in [0.1, 0.15) is 11.6 Å². The molecule has 18 heavy (non-hydrogen) atoms. The largest absolute Gasteiger partial charge is 0.435 e. The quantitative estimate of drug-likeness (QED) is 0.716. The Morgan fingerprint density at radius 1 is 1.39 bits per heavy atom. The third-order valence-corrected chi connectivity index (χ3v) is 4.44. The molecule has 0 bridgehead atoms. The van der Waals surface area contributed by atoms with Crippen LogP contribution in [0.15, 0.2) is 22.7 Å². The minimum atomic E-state index is -0.514. The van der Waals surface area contributed by atoms with E-state index in [1.165, 1.54) is 45.8 Å². The zero-order valence-electron chi connectivity index (χ0n) is 9.98. The van der Waals surface area contributed by atoms with Gasteiger partial charge in [-0.2, -0.15) is 3.71 Å². The Kier molecular flexibility index (Phi) is 6.88. The highest BCUT2D eigenvalue weighted by molar-refractivity contribution is 9.10. The molecule has 0 radical (unpaired) electrons. The second-order valence-corrected chi connectivity index (χ2v) is 6.44. The maximum absolute atomic E-state index is 13.3. The number of nitrogens with zero attached hydrogens (tertiary/aromatic N) is 1. The Hall–Kier alpha value is -0.400. The van der Waals surface area contributed by atoms with Crippen LogP contribution in [0.2, 0.25) is 0 Å². The van der Waals surface area contributed by atoms with Crippen LogP contribution in [0.4, 0.5) is 9.18 Å². The van der Waals surface area contributed by atoms with Gasteiger partial charge < -0.3 is 4.74 Å². The molecule has 0 unspecified atom stereocenters. The van der Waals surface area contributed by atoms with Crippen LogP contribution in [0, 0.1) is 5.82 Å². The molecule has 1 rings (SSSR count). The molecule has 1 aromatic rings. The Labute approximate surface area is 123 Å². The summed E-state index contributed by atoms with van der Waals surface area (Å²) in [5, 5.41) is 0. The maximum atomic E-state index is 13.3. The van der Waals surface area contributed by atoms with Crippen molar-refractivity contribution >= 4 is 45.9 Å². The van der Waals surface area contributed by atoms with Gasteiger partial charge in [-0.3, -0.25) is 0 Å². The minimum Gasteiger partial charge on any atom is -0.408 e. The fourth-order valence-corrected chi connectivity index (χ4v) is 3.10. The number of carbonyl (C=O) groups excluding carboxylic acids is 1. The predicted molar refractivity (Wildman–Crippen MR) is 78.2 cm³/mol. The van der Waals surface area contributed by atoms with E-state index >= 15 is 0 Å². The van der Waals surface area contributed by atoms with Crippen LogP contribution in [0.1, 0.15) is 13.8 Å². The third kappa shape index (κ3) is 4.37. The molecule has 0 saturated carbocycles. The number of hydrogen-bond acceptors (Lipinski definition) is 4. The summed E-state index contributed by atoms with van der Waals surface area (Å²) < 4.78 is 20.0. The number of rotatable bonds is 5. The topological polar surface area (TPSA) is 29.5 Å². The molecule has 0 heterocycles. The van der Waals surface area contributed by atoms with Gasteiger partial charge in [-0.15, -0.1) is 0 Å². The molecule has 100 valence electrons. The second-order valence-electron chi connectivity index (χ2n) is 3.01. The van der Waals surface area contributed by atoms with E-state index in [-0.39, 0.29) is 10.2 Å². The molecule has 0 aliphatic heterocycles. The Morgan fingerprint density at radius 3 is 2.56 bits per heavy atom. The van der Waals surface area contributed by atoms with Gasteiger partial charge in [-0.05, 0) is 52.0 Å². The van der Waals surface area contributed by atoms with Gasteiger partial charge in [0, 0.05) is 11.5 Å². The number of halogens is 2. The standard InChI is InChI=1S/C11H13BrFNO2S2/c1-3-17-14(18-4-2)11(15)16-9-7-5-6-8(13)10(9)12/h5-7H,3-4H2,1-2H3. The highest BCUT2D eigenvalue weighted by Gasteiger charge is 2.18. The first-order valence-electron chi connectivity index (χ1n) is 5.31. The first-order valence-corrected chi connectivity index (χ1v) is 7.99. The predicted octanol–water partition coefficient (Wildman–Crippen LogP) is 4.73. The van der Waals surface area contributed by atoms with Crippen molar-refractivity contribution in [2.45, 2.75) is 13.8 Å². The number of hydrogen-bond donors (Lipinski definition) is 0. The zero-order valence-corrected chi connectivity index (χ0v) is 13.2. The van der Waals surface area contributed by atoms with Gasteiger partial charge in [0.25, 0.3) is 0 Å². The van der Waals surface area contributed by atoms with E-state index < -0.39 is 11.9 Å². The minimum absolute atomic E-state index is 0.154. The lowest BCUT2D eigenvalue weighted by Crippen LogP contribution is -2.22. The Balaban J connectivity index is 2.75. The molecule has 7 heteroatoms. The molecule has 1 amide bonds. The molecule has 0 spiro atoms. The van der Waals surface area contributed by atoms with Crippen LogP contribution >= 0.6 is 39.8 Å². The van der Waals surface area contributed by atoms with Crippen LogP contribution in [0.5, 0.6) is 5.75 Å². The average Bonchev–Trinajstić information content (AvgIpc) is 2.34. The van der Waals surface area contributed by atoms with Crippen molar-refractivity contribution in [3.63, 3.8) is 0 Å². The van der Waals surface area contributed by atoms with Crippen LogP contribution in [0.25, 0.3) is 0 Å². The summed E-state index contributed by atoms with van der Waals surface area (Å²) in [4.78, 5) is 11.9. The molecule has 0 aliphatic rings. The molecular formula is C11H13BrFNO2S2. The third-order valence-electron chi connectivity index (χ3n) is 1.76. The van der Waals surface area contributed by atoms with Crippen molar-refractivity contribution in [2.24, 2.45) is 0 Å². The first-order chi connectivity index (χ1) is 8.60. The maximum Gasteiger partial charge on any atom is 0.435 e. The summed E-state index contributed by atoms with van der Waals surface area (Å²) in [6, 6.07) is 4.32. The van der Waals surface area contributed by atoms with Gasteiger partial charge >= 0.3 is 6.09 Å². The lowest BCUT2D eigenvalue weighted by molar-refractivity contribution is 0.196. The van der Waals surface area contributed by atoms with E-state index in [0.29, 0.717) is 0 Å². The number of amides is 1. The number of ether oxygens (including phenoxy) is 1. The number of benzene rings is 1. The molecule has 0 fully saturated rings. The van der Waals surface area contributed by atoms with Gasteiger partial charge in [0.15, 0.2) is 0 Å². The van der Waals surface area contributed by atoms with Gasteiger partial charge in [0.05, 0.1) is 4.47 Å². The van der Waals surface area contributed by atoms with Gasteiger partial charge in [-0.25, -0.2) is 9.18 Å².